The highest BCUT2D eigenvalue weighted by atomic mass is 16.1. The second-order valence-corrected chi connectivity index (χ2v) is 8.06. The van der Waals surface area contributed by atoms with Gasteiger partial charge in [-0.2, -0.15) is 5.10 Å². The summed E-state index contributed by atoms with van der Waals surface area (Å²) in [7, 11) is 0. The Hall–Kier alpha value is -3.48. The van der Waals surface area contributed by atoms with Crippen LogP contribution in [-0.4, -0.2) is 32.2 Å². The van der Waals surface area contributed by atoms with E-state index in [1.54, 1.807) is 29.1 Å². The van der Waals surface area contributed by atoms with Crippen LogP contribution in [0.5, 0.6) is 0 Å². The number of amides is 1. The van der Waals surface area contributed by atoms with Crippen molar-refractivity contribution in [3.63, 3.8) is 0 Å². The number of carbonyl (C=O) groups is 1. The Labute approximate surface area is 167 Å². The van der Waals surface area contributed by atoms with E-state index >= 15 is 0 Å². The predicted octanol–water partition coefficient (Wildman–Crippen LogP) is 3.04. The molecule has 0 saturated heterocycles. The van der Waals surface area contributed by atoms with Crippen LogP contribution in [0.1, 0.15) is 29.9 Å². The first-order valence-corrected chi connectivity index (χ1v) is 9.52. The van der Waals surface area contributed by atoms with Crippen LogP contribution in [0.4, 0.5) is 0 Å². The number of aromatic amines is 1. The monoisotopic (exact) mass is 389 g/mol. The number of H-pyrrole nitrogens is 1. The number of fused-ring (bicyclic) bond motifs is 3. The molecule has 148 valence electrons. The summed E-state index contributed by atoms with van der Waals surface area (Å²) in [6.45, 7) is 6.82. The van der Waals surface area contributed by atoms with Gasteiger partial charge in [0, 0.05) is 47.5 Å². The number of nitrogens with one attached hydrogen (secondary N) is 2. The Morgan fingerprint density at radius 3 is 2.66 bits per heavy atom. The van der Waals surface area contributed by atoms with Crippen LogP contribution in [0.15, 0.2) is 53.6 Å². The molecule has 0 spiro atoms. The molecule has 4 aromatic rings. The van der Waals surface area contributed by atoms with Crippen LogP contribution in [0.25, 0.3) is 21.8 Å². The minimum absolute atomic E-state index is 0.0708. The number of rotatable bonds is 5. The molecule has 0 unspecified atom stereocenters. The standard InChI is InChI=1S/C22H23N5O2/c1-14-18-19(26-25-14)16-6-4-5-7-17(16)27(21(18)29)13-22(2,3)12-24-20(28)15-8-10-23-11-9-15/h4-11H,12-13H2,1-3H3,(H,24,28)(H,25,26). The van der Waals surface area contributed by atoms with Gasteiger partial charge in [-0.3, -0.25) is 19.7 Å². The second-order valence-electron chi connectivity index (χ2n) is 8.06. The van der Waals surface area contributed by atoms with E-state index in [9.17, 15) is 9.59 Å². The van der Waals surface area contributed by atoms with Crippen LogP contribution >= 0.6 is 0 Å². The van der Waals surface area contributed by atoms with Crippen LogP contribution in [-0.2, 0) is 6.54 Å². The molecule has 1 aromatic carbocycles. The predicted molar refractivity (Wildman–Crippen MR) is 113 cm³/mol. The van der Waals surface area contributed by atoms with Gasteiger partial charge in [0.25, 0.3) is 11.5 Å². The van der Waals surface area contributed by atoms with Crippen LogP contribution < -0.4 is 10.9 Å². The quantitative estimate of drug-likeness (QED) is 0.549. The number of carbonyl (C=O) groups excluding carboxylic acids is 1. The average Bonchev–Trinajstić information content (AvgIpc) is 3.12. The first kappa shape index (κ1) is 18.9. The molecule has 29 heavy (non-hydrogen) atoms. The number of aromatic nitrogens is 4. The maximum atomic E-state index is 13.3. The molecule has 3 heterocycles. The number of hydrogen-bond acceptors (Lipinski definition) is 4. The van der Waals surface area contributed by atoms with Crippen molar-refractivity contribution in [3.05, 3.63) is 70.4 Å². The van der Waals surface area contributed by atoms with Gasteiger partial charge in [-0.15, -0.1) is 0 Å². The molecular weight excluding hydrogens is 366 g/mol. The van der Waals surface area contributed by atoms with Gasteiger partial charge in [0.2, 0.25) is 0 Å². The van der Waals surface area contributed by atoms with Crippen LogP contribution in [0.3, 0.4) is 0 Å². The number of nitrogens with zero attached hydrogens (tertiary/aromatic N) is 3. The normalized spacial score (nSPS) is 11.8. The molecule has 0 saturated carbocycles. The van der Waals surface area contributed by atoms with Gasteiger partial charge in [0.05, 0.1) is 10.9 Å². The molecule has 0 aliphatic carbocycles. The SMILES string of the molecule is Cc1[nH]nc2c1c(=O)n(CC(C)(C)CNC(=O)c1ccncc1)c1ccccc21. The zero-order valence-corrected chi connectivity index (χ0v) is 16.7. The highest BCUT2D eigenvalue weighted by Crippen LogP contribution is 2.25. The Morgan fingerprint density at radius 1 is 1.17 bits per heavy atom. The molecule has 0 aliphatic rings. The van der Waals surface area contributed by atoms with E-state index in [-0.39, 0.29) is 16.9 Å². The molecule has 0 radical (unpaired) electrons. The minimum Gasteiger partial charge on any atom is -0.351 e. The molecule has 0 bridgehead atoms. The van der Waals surface area contributed by atoms with Gasteiger partial charge in [-0.25, -0.2) is 0 Å². The Morgan fingerprint density at radius 2 is 1.90 bits per heavy atom. The molecule has 0 atom stereocenters. The van der Waals surface area contributed by atoms with E-state index in [1.807, 2.05) is 45.0 Å². The summed E-state index contributed by atoms with van der Waals surface area (Å²) >= 11 is 0. The summed E-state index contributed by atoms with van der Waals surface area (Å²) in [6, 6.07) is 11.1. The number of para-hydroxylation sites is 1. The van der Waals surface area contributed by atoms with Crippen LogP contribution in [0, 0.1) is 12.3 Å². The Bertz CT molecular complexity index is 1250. The molecule has 1 amide bonds. The minimum atomic E-state index is -0.347. The molecule has 0 fully saturated rings. The van der Waals surface area contributed by atoms with Crippen molar-refractivity contribution >= 4 is 27.7 Å². The Balaban J connectivity index is 1.67. The Kier molecular flexibility index (Phi) is 4.66. The fourth-order valence-corrected chi connectivity index (χ4v) is 3.61. The lowest BCUT2D eigenvalue weighted by molar-refractivity contribution is 0.0932. The van der Waals surface area contributed by atoms with E-state index < -0.39 is 0 Å². The van der Waals surface area contributed by atoms with Gasteiger partial charge >= 0.3 is 0 Å². The fraction of sp³-hybridized carbons (Fsp3) is 0.273. The summed E-state index contributed by atoms with van der Waals surface area (Å²) in [5.41, 5.74) is 2.44. The van der Waals surface area contributed by atoms with E-state index in [4.69, 9.17) is 0 Å². The third-order valence-electron chi connectivity index (χ3n) is 5.11. The molecule has 2 N–H and O–H groups in total. The lowest BCUT2D eigenvalue weighted by Gasteiger charge is -2.27. The number of benzene rings is 1. The summed E-state index contributed by atoms with van der Waals surface area (Å²) in [6.07, 6.45) is 3.18. The first-order chi connectivity index (χ1) is 13.9. The highest BCUT2D eigenvalue weighted by molar-refractivity contribution is 6.03. The fourth-order valence-electron chi connectivity index (χ4n) is 3.61. The lowest BCUT2D eigenvalue weighted by Crippen LogP contribution is -2.38. The molecule has 0 aliphatic heterocycles. The molecular formula is C22H23N5O2. The molecule has 4 rings (SSSR count). The molecule has 7 heteroatoms. The molecule has 7 nitrogen and oxygen atoms in total. The second kappa shape index (κ2) is 7.16. The summed E-state index contributed by atoms with van der Waals surface area (Å²) in [5, 5.41) is 11.8. The van der Waals surface area contributed by atoms with E-state index in [2.05, 4.69) is 20.5 Å². The van der Waals surface area contributed by atoms with Crippen molar-refractivity contribution in [1.82, 2.24) is 25.1 Å². The number of pyridine rings is 2. The summed E-state index contributed by atoms with van der Waals surface area (Å²) in [4.78, 5) is 29.6. The van der Waals surface area contributed by atoms with Crippen molar-refractivity contribution in [2.24, 2.45) is 5.41 Å². The van der Waals surface area contributed by atoms with Crippen molar-refractivity contribution in [2.75, 3.05) is 6.54 Å². The van der Waals surface area contributed by atoms with Gasteiger partial charge in [0.1, 0.15) is 5.52 Å². The maximum absolute atomic E-state index is 13.3. The van der Waals surface area contributed by atoms with Gasteiger partial charge in [-0.05, 0) is 25.1 Å². The highest BCUT2D eigenvalue weighted by Gasteiger charge is 2.24. The number of aryl methyl sites for hydroxylation is 1. The van der Waals surface area contributed by atoms with Crippen molar-refractivity contribution in [2.45, 2.75) is 27.3 Å². The van der Waals surface area contributed by atoms with Crippen molar-refractivity contribution in [1.29, 1.82) is 0 Å². The zero-order chi connectivity index (χ0) is 20.6. The van der Waals surface area contributed by atoms with Crippen molar-refractivity contribution in [3.8, 4) is 0 Å². The van der Waals surface area contributed by atoms with Gasteiger partial charge in [0.15, 0.2) is 0 Å². The van der Waals surface area contributed by atoms with E-state index in [1.165, 1.54) is 0 Å². The summed E-state index contributed by atoms with van der Waals surface area (Å²) in [5.74, 6) is -0.154. The largest absolute Gasteiger partial charge is 0.351 e. The molecule has 3 aromatic heterocycles. The topological polar surface area (TPSA) is 92.7 Å². The zero-order valence-electron chi connectivity index (χ0n) is 16.7. The third kappa shape index (κ3) is 3.51. The number of hydrogen-bond donors (Lipinski definition) is 2. The van der Waals surface area contributed by atoms with E-state index in [0.29, 0.717) is 29.6 Å². The van der Waals surface area contributed by atoms with Gasteiger partial charge in [-0.1, -0.05) is 32.0 Å². The smallest absolute Gasteiger partial charge is 0.262 e. The first-order valence-electron chi connectivity index (χ1n) is 9.52. The van der Waals surface area contributed by atoms with Gasteiger partial charge < -0.3 is 9.88 Å². The average molecular weight is 389 g/mol. The third-order valence-corrected chi connectivity index (χ3v) is 5.11. The maximum Gasteiger partial charge on any atom is 0.262 e. The summed E-state index contributed by atoms with van der Waals surface area (Å²) < 4.78 is 1.79. The lowest BCUT2D eigenvalue weighted by atomic mass is 9.92. The van der Waals surface area contributed by atoms with E-state index in [0.717, 1.165) is 16.6 Å². The van der Waals surface area contributed by atoms with Crippen molar-refractivity contribution < 1.29 is 4.79 Å². The van der Waals surface area contributed by atoms with Crippen LogP contribution in [0.2, 0.25) is 0 Å².